The molecule has 0 N–H and O–H groups in total. The summed E-state index contributed by atoms with van der Waals surface area (Å²) in [6.45, 7) is 8.24. The van der Waals surface area contributed by atoms with Crippen LogP contribution in [-0.2, 0) is 30.4 Å². The Morgan fingerprint density at radius 1 is 0.959 bits per heavy atom. The molecule has 0 saturated carbocycles. The number of halogens is 3. The van der Waals surface area contributed by atoms with Gasteiger partial charge >= 0.3 is 6.18 Å². The molecule has 2 aromatic carbocycles. The Bertz CT molecular complexity index is 1650. The van der Waals surface area contributed by atoms with Crippen LogP contribution in [0, 0.1) is 0 Å². The largest absolute Gasteiger partial charge is 0.416 e. The highest BCUT2D eigenvalue weighted by molar-refractivity contribution is 5.80. The second kappa shape index (κ2) is 17.9. The van der Waals surface area contributed by atoms with Gasteiger partial charge < -0.3 is 9.80 Å². The lowest BCUT2D eigenvalue weighted by Crippen LogP contribution is -2.48. The van der Waals surface area contributed by atoms with Crippen molar-refractivity contribution in [3.8, 4) is 0 Å². The van der Waals surface area contributed by atoms with Crippen LogP contribution in [0.3, 0.4) is 0 Å². The van der Waals surface area contributed by atoms with Gasteiger partial charge in [0, 0.05) is 19.0 Å². The van der Waals surface area contributed by atoms with E-state index >= 15 is 0 Å². The van der Waals surface area contributed by atoms with Gasteiger partial charge in [0.05, 0.1) is 5.56 Å². The second-order valence-electron chi connectivity index (χ2n) is 12.8. The van der Waals surface area contributed by atoms with E-state index in [9.17, 15) is 22.8 Å². The molecule has 7 nitrogen and oxygen atoms in total. The van der Waals surface area contributed by atoms with Gasteiger partial charge in [0.2, 0.25) is 5.91 Å². The normalized spacial score (nSPS) is 15.9. The third-order valence-electron chi connectivity index (χ3n) is 8.71. The van der Waals surface area contributed by atoms with Gasteiger partial charge in [-0.2, -0.15) is 23.3 Å². The molecule has 1 fully saturated rings. The smallest absolute Gasteiger partial charge is 0.333 e. The topological polar surface area (TPSA) is 71.3 Å². The first-order valence-corrected chi connectivity index (χ1v) is 17.2. The number of rotatable bonds is 10. The van der Waals surface area contributed by atoms with E-state index in [1.54, 1.807) is 4.68 Å². The molecule has 1 amide bonds. The molecule has 10 heteroatoms. The zero-order valence-electron chi connectivity index (χ0n) is 29.0. The van der Waals surface area contributed by atoms with Gasteiger partial charge in [0.15, 0.2) is 0 Å². The van der Waals surface area contributed by atoms with E-state index in [4.69, 9.17) is 0 Å². The number of carbonyl (C=O) groups excluding carboxylic acids is 1. The number of benzene rings is 2. The highest BCUT2D eigenvalue weighted by Gasteiger charge is 2.32. The van der Waals surface area contributed by atoms with Crippen LogP contribution in [0.5, 0.6) is 0 Å². The summed E-state index contributed by atoms with van der Waals surface area (Å²) >= 11 is 0. The van der Waals surface area contributed by atoms with Crippen molar-refractivity contribution in [2.24, 2.45) is 0 Å². The van der Waals surface area contributed by atoms with Crippen LogP contribution in [0.4, 0.5) is 13.2 Å². The number of allylic oxidation sites excluding steroid dienone is 6. The van der Waals surface area contributed by atoms with E-state index in [1.807, 2.05) is 54.3 Å². The molecule has 0 spiro atoms. The van der Waals surface area contributed by atoms with Gasteiger partial charge in [-0.1, -0.05) is 92.6 Å². The summed E-state index contributed by atoms with van der Waals surface area (Å²) in [6, 6.07) is 12.5. The van der Waals surface area contributed by atoms with E-state index in [-0.39, 0.29) is 11.9 Å². The summed E-state index contributed by atoms with van der Waals surface area (Å²) in [7, 11) is 2.08. The molecule has 3 aromatic rings. The fraction of sp³-hybridized carbons (Fsp3) is 0.436. The number of alkyl halides is 3. The highest BCUT2D eigenvalue weighted by Crippen LogP contribution is 2.29. The zero-order chi connectivity index (χ0) is 35.4. The minimum absolute atomic E-state index is 0.0440. The lowest BCUT2D eigenvalue weighted by Gasteiger charge is -2.39. The van der Waals surface area contributed by atoms with Crippen LogP contribution in [0.25, 0.3) is 0 Å². The number of hydrogen-bond donors (Lipinski definition) is 0. The molecule has 49 heavy (non-hydrogen) atoms. The summed E-state index contributed by atoms with van der Waals surface area (Å²) in [5, 5.41) is 4.37. The van der Waals surface area contributed by atoms with Crippen LogP contribution in [-0.4, -0.2) is 56.7 Å². The number of amides is 1. The number of aryl methyl sites for hydroxylation is 1. The first kappa shape index (κ1) is 37.5. The van der Waals surface area contributed by atoms with Gasteiger partial charge in [0.1, 0.15) is 18.1 Å². The zero-order valence-corrected chi connectivity index (χ0v) is 29.0. The SMILES string of the molecule is CC(C(=O)N(Cc1ccc(Cc2ccc(C(F)(F)F)cc2)cc1)C1CCN(C)CC1)n1ncc(=O)nc1CCC1=CCC=CC=C1.CCC. The van der Waals surface area contributed by atoms with Gasteiger partial charge in [-0.25, -0.2) is 4.68 Å². The molecule has 1 aliphatic heterocycles. The Morgan fingerprint density at radius 2 is 1.57 bits per heavy atom. The first-order valence-electron chi connectivity index (χ1n) is 17.2. The second-order valence-corrected chi connectivity index (χ2v) is 12.8. The van der Waals surface area contributed by atoms with Crippen molar-refractivity contribution in [2.45, 2.75) is 90.5 Å². The molecule has 1 aliphatic carbocycles. The predicted molar refractivity (Wildman–Crippen MR) is 188 cm³/mol. The van der Waals surface area contributed by atoms with Crippen LogP contribution in [0.2, 0.25) is 0 Å². The van der Waals surface area contributed by atoms with Crippen LogP contribution in [0.1, 0.15) is 87.0 Å². The lowest BCUT2D eigenvalue weighted by molar-refractivity contribution is -0.139. The Hall–Kier alpha value is -4.31. The summed E-state index contributed by atoms with van der Waals surface area (Å²) < 4.78 is 40.4. The lowest BCUT2D eigenvalue weighted by atomic mass is 10.00. The number of aromatic nitrogens is 3. The van der Waals surface area contributed by atoms with E-state index < -0.39 is 23.3 Å². The monoisotopic (exact) mass is 675 g/mol. The highest BCUT2D eigenvalue weighted by atomic mass is 19.4. The molecule has 1 unspecified atom stereocenters. The Labute approximate surface area is 287 Å². The van der Waals surface area contributed by atoms with Crippen molar-refractivity contribution in [2.75, 3.05) is 20.1 Å². The average molecular weight is 676 g/mol. The van der Waals surface area contributed by atoms with E-state index in [0.717, 1.165) is 72.9 Å². The molecule has 0 radical (unpaired) electrons. The van der Waals surface area contributed by atoms with E-state index in [2.05, 4.69) is 48.0 Å². The Balaban J connectivity index is 0.00000174. The number of carbonyl (C=O) groups is 1. The van der Waals surface area contributed by atoms with Crippen molar-refractivity contribution in [1.29, 1.82) is 0 Å². The van der Waals surface area contributed by atoms with Gasteiger partial charge in [-0.15, -0.1) is 0 Å². The maximum Gasteiger partial charge on any atom is 0.416 e. The number of piperidine rings is 1. The summed E-state index contributed by atoms with van der Waals surface area (Å²) in [5.74, 6) is 0.399. The number of nitrogens with zero attached hydrogens (tertiary/aromatic N) is 5. The van der Waals surface area contributed by atoms with Crippen molar-refractivity contribution in [1.82, 2.24) is 24.6 Å². The standard InChI is InChI=1S/C36H40F3N5O2.C3H8/c1-26(44-33(41-34(45)24-40-44)18-15-27-7-5-3-4-6-8-27)35(46)43(32-19-21-42(2)22-20-32)25-30-11-9-28(10-12-30)23-29-13-16-31(17-14-29)36(37,38)39;1-3-2/h3-5,7-14,16-17,24,26,32H,6,15,18-23,25H2,1-2H3;3H2,1-2H3. The quantitative estimate of drug-likeness (QED) is 0.220. The molecule has 2 heterocycles. The molecular formula is C39H48F3N5O2. The molecule has 262 valence electrons. The molecule has 1 saturated heterocycles. The van der Waals surface area contributed by atoms with E-state index in [0.29, 0.717) is 31.6 Å². The first-order chi connectivity index (χ1) is 23.5. The molecular weight excluding hydrogens is 627 g/mol. The fourth-order valence-corrected chi connectivity index (χ4v) is 5.99. The number of hydrogen-bond acceptors (Lipinski definition) is 5. The molecule has 5 rings (SSSR count). The van der Waals surface area contributed by atoms with Crippen molar-refractivity contribution < 1.29 is 18.0 Å². The fourth-order valence-electron chi connectivity index (χ4n) is 5.99. The van der Waals surface area contributed by atoms with Crippen molar-refractivity contribution >= 4 is 5.91 Å². The number of likely N-dealkylation sites (tertiary alicyclic amines) is 1. The minimum Gasteiger partial charge on any atom is -0.333 e. The third-order valence-corrected chi connectivity index (χ3v) is 8.71. The van der Waals surface area contributed by atoms with E-state index in [1.165, 1.54) is 18.6 Å². The van der Waals surface area contributed by atoms with Gasteiger partial charge in [0.25, 0.3) is 5.56 Å². The van der Waals surface area contributed by atoms with Crippen LogP contribution < -0.4 is 5.56 Å². The minimum atomic E-state index is -4.36. The predicted octanol–water partition coefficient (Wildman–Crippen LogP) is 7.72. The molecule has 0 bridgehead atoms. The van der Waals surface area contributed by atoms with Crippen molar-refractivity contribution in [3.63, 3.8) is 0 Å². The summed E-state index contributed by atoms with van der Waals surface area (Å²) in [5.41, 5.74) is 2.77. The Morgan fingerprint density at radius 3 is 2.20 bits per heavy atom. The Kier molecular flexibility index (Phi) is 13.7. The van der Waals surface area contributed by atoms with Crippen molar-refractivity contribution in [3.05, 3.63) is 129 Å². The molecule has 1 atom stereocenters. The molecule has 2 aliphatic rings. The maximum absolute atomic E-state index is 14.3. The summed E-state index contributed by atoms with van der Waals surface area (Å²) in [4.78, 5) is 34.9. The average Bonchev–Trinajstić information content (AvgIpc) is 3.36. The molecule has 1 aromatic heterocycles. The van der Waals surface area contributed by atoms with Gasteiger partial charge in [-0.05, 0) is 88.0 Å². The van der Waals surface area contributed by atoms with Crippen LogP contribution in [0.15, 0.2) is 95.5 Å². The third kappa shape index (κ3) is 11.1. The van der Waals surface area contributed by atoms with Crippen LogP contribution >= 0.6 is 0 Å². The maximum atomic E-state index is 14.3. The summed E-state index contributed by atoms with van der Waals surface area (Å²) in [6.07, 6.45) is 12.5. The van der Waals surface area contributed by atoms with Gasteiger partial charge in [-0.3, -0.25) is 9.59 Å².